The molecule has 0 atom stereocenters. The van der Waals surface area contributed by atoms with Crippen LogP contribution >= 0.6 is 11.6 Å². The van der Waals surface area contributed by atoms with Crippen LogP contribution in [0.1, 0.15) is 16.7 Å². The largest absolute Gasteiger partial charge is 0.490 e. The van der Waals surface area contributed by atoms with E-state index in [1.165, 1.54) is 0 Å². The molecule has 0 aliphatic heterocycles. The van der Waals surface area contributed by atoms with Crippen LogP contribution in [0.3, 0.4) is 0 Å². The fourth-order valence-corrected chi connectivity index (χ4v) is 2.41. The van der Waals surface area contributed by atoms with Gasteiger partial charge in [-0.05, 0) is 55.3 Å². The molecule has 0 spiro atoms. The van der Waals surface area contributed by atoms with Crippen LogP contribution in [0.5, 0.6) is 11.5 Å². The molecule has 0 aliphatic carbocycles. The van der Waals surface area contributed by atoms with Gasteiger partial charge in [0.05, 0.1) is 11.6 Å². The van der Waals surface area contributed by atoms with Gasteiger partial charge in [-0.2, -0.15) is 5.26 Å². The van der Waals surface area contributed by atoms with Crippen molar-refractivity contribution in [2.45, 2.75) is 13.8 Å². The fourth-order valence-electron chi connectivity index (χ4n) is 2.08. The molecule has 2 aromatic rings. The molecule has 0 radical (unpaired) electrons. The number of hydrogen-bond donors (Lipinski definition) is 0. The summed E-state index contributed by atoms with van der Waals surface area (Å²) in [6.45, 7) is 4.77. The second-order valence-electron chi connectivity index (χ2n) is 4.71. The van der Waals surface area contributed by atoms with Crippen molar-refractivity contribution in [1.29, 1.82) is 5.26 Å². The highest BCUT2D eigenvalue weighted by atomic mass is 35.5. The van der Waals surface area contributed by atoms with Crippen molar-refractivity contribution in [3.8, 4) is 17.6 Å². The first kappa shape index (κ1) is 15.2. The number of halogens is 1. The fraction of sp³-hybridized carbons (Fsp3) is 0.235. The summed E-state index contributed by atoms with van der Waals surface area (Å²) in [4.78, 5) is 0. The molecule has 2 aromatic carbocycles. The second-order valence-corrected chi connectivity index (χ2v) is 5.14. The maximum atomic E-state index is 8.82. The quantitative estimate of drug-likeness (QED) is 0.774. The lowest BCUT2D eigenvalue weighted by Crippen LogP contribution is -2.10. The normalized spacial score (nSPS) is 10.0. The molecule has 0 bridgehead atoms. The van der Waals surface area contributed by atoms with Gasteiger partial charge in [0.2, 0.25) is 0 Å². The lowest BCUT2D eigenvalue weighted by atomic mass is 10.1. The Morgan fingerprint density at radius 2 is 1.71 bits per heavy atom. The first-order valence-corrected chi connectivity index (χ1v) is 7.00. The summed E-state index contributed by atoms with van der Waals surface area (Å²) in [5.74, 6) is 1.51. The van der Waals surface area contributed by atoms with Gasteiger partial charge < -0.3 is 9.47 Å². The van der Waals surface area contributed by atoms with Crippen LogP contribution in [-0.2, 0) is 0 Å². The van der Waals surface area contributed by atoms with Gasteiger partial charge in [0.25, 0.3) is 0 Å². The van der Waals surface area contributed by atoms with E-state index >= 15 is 0 Å². The molecular weight excluding hydrogens is 286 g/mol. The van der Waals surface area contributed by atoms with Crippen molar-refractivity contribution < 1.29 is 9.47 Å². The zero-order valence-corrected chi connectivity index (χ0v) is 12.8. The van der Waals surface area contributed by atoms with Crippen LogP contribution in [0.25, 0.3) is 0 Å². The summed E-state index contributed by atoms with van der Waals surface area (Å²) in [7, 11) is 0. The Morgan fingerprint density at radius 1 is 1.05 bits per heavy atom. The van der Waals surface area contributed by atoms with E-state index in [2.05, 4.69) is 6.07 Å². The Kier molecular flexibility index (Phi) is 5.08. The molecule has 0 aliphatic rings. The van der Waals surface area contributed by atoms with E-state index in [4.69, 9.17) is 26.3 Å². The Balaban J connectivity index is 1.89. The van der Waals surface area contributed by atoms with Gasteiger partial charge in [-0.3, -0.25) is 0 Å². The maximum absolute atomic E-state index is 8.82. The highest BCUT2D eigenvalue weighted by Gasteiger charge is 2.05. The summed E-state index contributed by atoms with van der Waals surface area (Å²) < 4.78 is 11.3. The second kappa shape index (κ2) is 7.01. The van der Waals surface area contributed by atoms with E-state index in [9.17, 15) is 0 Å². The van der Waals surface area contributed by atoms with Gasteiger partial charge in [-0.15, -0.1) is 0 Å². The summed E-state index contributed by atoms with van der Waals surface area (Å²) in [6.07, 6.45) is 0. The van der Waals surface area contributed by atoms with E-state index < -0.39 is 0 Å². The smallest absolute Gasteiger partial charge is 0.125 e. The molecule has 0 fully saturated rings. The monoisotopic (exact) mass is 301 g/mol. The predicted octanol–water partition coefficient (Wildman–Crippen LogP) is 4.29. The van der Waals surface area contributed by atoms with Crippen LogP contribution in [0.15, 0.2) is 36.4 Å². The minimum absolute atomic E-state index is 0.413. The minimum Gasteiger partial charge on any atom is -0.490 e. The Bertz CT molecular complexity index is 654. The molecule has 0 aromatic heterocycles. The van der Waals surface area contributed by atoms with Crippen molar-refractivity contribution in [2.75, 3.05) is 13.2 Å². The van der Waals surface area contributed by atoms with Crippen molar-refractivity contribution in [2.24, 2.45) is 0 Å². The van der Waals surface area contributed by atoms with Crippen LogP contribution in [-0.4, -0.2) is 13.2 Å². The molecule has 4 heteroatoms. The lowest BCUT2D eigenvalue weighted by Gasteiger charge is -2.13. The average molecular weight is 302 g/mol. The molecular formula is C17H16ClNO2. The molecule has 2 rings (SSSR count). The average Bonchev–Trinajstić information content (AvgIpc) is 2.45. The standard InChI is InChI=1S/C17H16ClNO2/c1-12-8-15(18)9-13(2)17(12)21-7-6-20-16-5-3-4-14(10-16)11-19/h3-5,8-10H,6-7H2,1-2H3. The maximum Gasteiger partial charge on any atom is 0.125 e. The summed E-state index contributed by atoms with van der Waals surface area (Å²) in [5.41, 5.74) is 2.59. The molecule has 3 nitrogen and oxygen atoms in total. The molecule has 0 unspecified atom stereocenters. The highest BCUT2D eigenvalue weighted by Crippen LogP contribution is 2.26. The summed E-state index contributed by atoms with van der Waals surface area (Å²) in [6, 6.07) is 12.9. The zero-order chi connectivity index (χ0) is 15.2. The van der Waals surface area contributed by atoms with Crippen LogP contribution in [0, 0.1) is 25.2 Å². The SMILES string of the molecule is Cc1cc(Cl)cc(C)c1OCCOc1cccc(C#N)c1. The van der Waals surface area contributed by atoms with E-state index in [1.807, 2.05) is 32.0 Å². The van der Waals surface area contributed by atoms with Gasteiger partial charge in [0, 0.05) is 5.02 Å². The van der Waals surface area contributed by atoms with Gasteiger partial charge in [-0.25, -0.2) is 0 Å². The van der Waals surface area contributed by atoms with E-state index in [0.29, 0.717) is 29.5 Å². The zero-order valence-electron chi connectivity index (χ0n) is 12.0. The number of benzene rings is 2. The van der Waals surface area contributed by atoms with Crippen molar-refractivity contribution in [1.82, 2.24) is 0 Å². The van der Waals surface area contributed by atoms with Gasteiger partial charge in [0.15, 0.2) is 0 Å². The van der Waals surface area contributed by atoms with Crippen LogP contribution < -0.4 is 9.47 Å². The summed E-state index contributed by atoms with van der Waals surface area (Å²) >= 11 is 5.99. The third-order valence-electron chi connectivity index (χ3n) is 2.99. The van der Waals surface area contributed by atoms with Crippen molar-refractivity contribution >= 4 is 11.6 Å². The number of ether oxygens (including phenoxy) is 2. The highest BCUT2D eigenvalue weighted by molar-refractivity contribution is 6.30. The summed E-state index contributed by atoms with van der Waals surface area (Å²) in [5, 5.41) is 9.53. The van der Waals surface area contributed by atoms with Gasteiger partial charge in [0.1, 0.15) is 24.7 Å². The number of rotatable bonds is 5. The predicted molar refractivity (Wildman–Crippen MR) is 83.1 cm³/mol. The van der Waals surface area contributed by atoms with E-state index in [-0.39, 0.29) is 0 Å². The van der Waals surface area contributed by atoms with E-state index in [1.54, 1.807) is 18.2 Å². The molecule has 0 N–H and O–H groups in total. The number of hydrogen-bond acceptors (Lipinski definition) is 3. The third-order valence-corrected chi connectivity index (χ3v) is 3.20. The van der Waals surface area contributed by atoms with Crippen molar-refractivity contribution in [3.05, 3.63) is 58.1 Å². The Labute approximate surface area is 129 Å². The van der Waals surface area contributed by atoms with Gasteiger partial charge >= 0.3 is 0 Å². The lowest BCUT2D eigenvalue weighted by molar-refractivity contribution is 0.215. The van der Waals surface area contributed by atoms with Crippen LogP contribution in [0.2, 0.25) is 5.02 Å². The van der Waals surface area contributed by atoms with E-state index in [0.717, 1.165) is 16.9 Å². The number of nitriles is 1. The number of nitrogens with zero attached hydrogens (tertiary/aromatic N) is 1. The van der Waals surface area contributed by atoms with Crippen LogP contribution in [0.4, 0.5) is 0 Å². The molecule has 108 valence electrons. The molecule has 0 saturated carbocycles. The minimum atomic E-state index is 0.413. The molecule has 0 amide bonds. The first-order valence-electron chi connectivity index (χ1n) is 6.62. The number of aryl methyl sites for hydroxylation is 2. The Hall–Kier alpha value is -2.18. The Morgan fingerprint density at radius 3 is 2.38 bits per heavy atom. The first-order chi connectivity index (χ1) is 10.1. The molecule has 21 heavy (non-hydrogen) atoms. The molecule has 0 heterocycles. The van der Waals surface area contributed by atoms with Crippen molar-refractivity contribution in [3.63, 3.8) is 0 Å². The molecule has 0 saturated heterocycles. The topological polar surface area (TPSA) is 42.2 Å². The van der Waals surface area contributed by atoms with Gasteiger partial charge in [-0.1, -0.05) is 17.7 Å². The third kappa shape index (κ3) is 4.14.